The van der Waals surface area contributed by atoms with Crippen LogP contribution < -0.4 is 16.2 Å². The number of fused-ring (bicyclic) bond motifs is 2. The highest BCUT2D eigenvalue weighted by molar-refractivity contribution is 7.20. The first-order valence-corrected chi connectivity index (χ1v) is 13.1. The molecule has 0 spiro atoms. The third kappa shape index (κ3) is 4.80. The van der Waals surface area contributed by atoms with Gasteiger partial charge in [0.2, 0.25) is 0 Å². The Morgan fingerprint density at radius 1 is 1.18 bits per heavy atom. The monoisotopic (exact) mass is 545 g/mol. The summed E-state index contributed by atoms with van der Waals surface area (Å²) in [5.74, 6) is -0.678. The van der Waals surface area contributed by atoms with Crippen molar-refractivity contribution in [1.82, 2.24) is 24.9 Å². The largest absolute Gasteiger partial charge is 0.392 e. The van der Waals surface area contributed by atoms with E-state index in [-0.39, 0.29) is 22.6 Å². The Morgan fingerprint density at radius 2 is 2.03 bits per heavy atom. The zero-order valence-corrected chi connectivity index (χ0v) is 21.7. The molecule has 10 nitrogen and oxygen atoms in total. The van der Waals surface area contributed by atoms with Gasteiger partial charge in [0, 0.05) is 35.0 Å². The fourth-order valence-corrected chi connectivity index (χ4v) is 5.62. The van der Waals surface area contributed by atoms with Gasteiger partial charge >= 0.3 is 0 Å². The molecule has 0 atom stereocenters. The molecule has 4 heterocycles. The number of aromatic nitrogens is 4. The van der Waals surface area contributed by atoms with Gasteiger partial charge in [-0.15, -0.1) is 11.3 Å². The van der Waals surface area contributed by atoms with E-state index in [9.17, 15) is 19.1 Å². The number of amides is 1. The molecule has 0 radical (unpaired) electrons. The average Bonchev–Trinajstić information content (AvgIpc) is 3.54. The summed E-state index contributed by atoms with van der Waals surface area (Å²) >= 11 is 1.29. The standard InChI is InChI=1S/C27H24FN7O3S/c1-34-8-9-35-16(13-34)11-24(33-35)29-21-12-20(31-32-26(21)37)17-6-7-19(28)25(18(17)14-36)30-27(38)23-10-15-4-2-3-5-22(15)39-23/h2-7,10-12,36H,8-9,13-14H2,1H3,(H,30,38)(H,32,37)(H,29,31,33). The van der Waals surface area contributed by atoms with Crippen molar-refractivity contribution in [2.24, 2.45) is 0 Å². The van der Waals surface area contributed by atoms with Crippen molar-refractivity contribution < 1.29 is 14.3 Å². The summed E-state index contributed by atoms with van der Waals surface area (Å²) in [5, 5.41) is 27.9. The van der Waals surface area contributed by atoms with Crippen LogP contribution in [0.15, 0.2) is 59.4 Å². The molecule has 6 rings (SSSR count). The molecule has 0 saturated heterocycles. The van der Waals surface area contributed by atoms with Crippen LogP contribution in [0.3, 0.4) is 0 Å². The lowest BCUT2D eigenvalue weighted by Crippen LogP contribution is -2.30. The van der Waals surface area contributed by atoms with E-state index in [2.05, 4.69) is 30.8 Å². The SMILES string of the molecule is CN1CCn2nc(Nc3cc(-c4ccc(F)c(NC(=O)c5cc6ccccc6s5)c4CO)n[nH]c3=O)cc2C1. The number of aliphatic hydroxyl groups is 1. The first-order valence-electron chi connectivity index (χ1n) is 12.2. The number of benzene rings is 2. The number of anilines is 3. The Hall–Kier alpha value is -4.39. The van der Waals surface area contributed by atoms with Gasteiger partial charge in [0.05, 0.1) is 35.1 Å². The van der Waals surface area contributed by atoms with E-state index < -0.39 is 23.9 Å². The minimum Gasteiger partial charge on any atom is -0.392 e. The van der Waals surface area contributed by atoms with Gasteiger partial charge in [-0.1, -0.05) is 18.2 Å². The molecule has 0 unspecified atom stereocenters. The summed E-state index contributed by atoms with van der Waals surface area (Å²) in [6.07, 6.45) is 0. The van der Waals surface area contributed by atoms with Crippen LogP contribution in [0.4, 0.5) is 21.6 Å². The van der Waals surface area contributed by atoms with Crippen LogP contribution in [0.2, 0.25) is 0 Å². The number of thiophene rings is 1. The van der Waals surface area contributed by atoms with E-state index in [4.69, 9.17) is 0 Å². The number of rotatable bonds is 6. The number of carbonyl (C=O) groups excluding carboxylic acids is 1. The van der Waals surface area contributed by atoms with Gasteiger partial charge in [-0.05, 0) is 42.8 Å². The van der Waals surface area contributed by atoms with E-state index in [1.807, 2.05) is 42.1 Å². The molecule has 39 heavy (non-hydrogen) atoms. The molecule has 1 amide bonds. The predicted octanol–water partition coefficient (Wildman–Crippen LogP) is 3.92. The minimum absolute atomic E-state index is 0.135. The maximum Gasteiger partial charge on any atom is 0.287 e. The molecule has 0 saturated carbocycles. The van der Waals surface area contributed by atoms with Gasteiger partial charge in [-0.25, -0.2) is 9.49 Å². The number of H-pyrrole nitrogens is 1. The van der Waals surface area contributed by atoms with E-state index in [0.717, 1.165) is 35.4 Å². The molecule has 0 fully saturated rings. The van der Waals surface area contributed by atoms with E-state index in [1.54, 1.807) is 6.07 Å². The summed E-state index contributed by atoms with van der Waals surface area (Å²) in [5.41, 5.74) is 1.37. The van der Waals surface area contributed by atoms with Crippen molar-refractivity contribution in [2.75, 3.05) is 24.2 Å². The lowest BCUT2D eigenvalue weighted by molar-refractivity contribution is 0.103. The normalized spacial score (nSPS) is 13.4. The number of halogens is 1. The maximum absolute atomic E-state index is 15.0. The summed E-state index contributed by atoms with van der Waals surface area (Å²) in [7, 11) is 2.03. The van der Waals surface area contributed by atoms with Crippen molar-refractivity contribution in [2.45, 2.75) is 19.7 Å². The Balaban J connectivity index is 1.32. The molecule has 0 bridgehead atoms. The second-order valence-corrected chi connectivity index (χ2v) is 10.4. The maximum atomic E-state index is 15.0. The smallest absolute Gasteiger partial charge is 0.287 e. The molecular formula is C27H24FN7O3S. The molecule has 2 aromatic carbocycles. The van der Waals surface area contributed by atoms with Crippen LogP contribution in [-0.2, 0) is 19.7 Å². The van der Waals surface area contributed by atoms with Crippen LogP contribution in [0.1, 0.15) is 20.9 Å². The van der Waals surface area contributed by atoms with Gasteiger partial charge < -0.3 is 15.7 Å². The molecule has 1 aliphatic rings. The zero-order valence-electron chi connectivity index (χ0n) is 20.9. The number of hydrogen-bond donors (Lipinski definition) is 4. The number of nitrogens with zero attached hydrogens (tertiary/aromatic N) is 4. The average molecular weight is 546 g/mol. The highest BCUT2D eigenvalue weighted by Crippen LogP contribution is 2.33. The van der Waals surface area contributed by atoms with Crippen LogP contribution >= 0.6 is 11.3 Å². The van der Waals surface area contributed by atoms with Crippen LogP contribution in [0.5, 0.6) is 0 Å². The van der Waals surface area contributed by atoms with Gasteiger partial charge in [0.1, 0.15) is 11.5 Å². The van der Waals surface area contributed by atoms with Crippen molar-refractivity contribution in [3.63, 3.8) is 0 Å². The van der Waals surface area contributed by atoms with Gasteiger partial charge in [0.25, 0.3) is 11.5 Å². The van der Waals surface area contributed by atoms with E-state index >= 15 is 0 Å². The lowest BCUT2D eigenvalue weighted by Gasteiger charge is -2.22. The quantitative estimate of drug-likeness (QED) is 0.255. The molecule has 12 heteroatoms. The molecule has 0 aliphatic carbocycles. The number of hydrogen-bond acceptors (Lipinski definition) is 8. The third-order valence-electron chi connectivity index (χ3n) is 6.64. The Kier molecular flexibility index (Phi) is 6.43. The molecule has 5 aromatic rings. The topological polar surface area (TPSA) is 128 Å². The summed E-state index contributed by atoms with van der Waals surface area (Å²) in [6, 6.07) is 15.3. The van der Waals surface area contributed by atoms with Crippen molar-refractivity contribution in [1.29, 1.82) is 0 Å². The molecule has 4 N–H and O–H groups in total. The fourth-order valence-electron chi connectivity index (χ4n) is 4.66. The molecule has 198 valence electrons. The van der Waals surface area contributed by atoms with Crippen LogP contribution in [-0.4, -0.2) is 49.5 Å². The van der Waals surface area contributed by atoms with Gasteiger partial charge in [-0.3, -0.25) is 19.2 Å². The summed E-state index contributed by atoms with van der Waals surface area (Å²) < 4.78 is 17.8. The lowest BCUT2D eigenvalue weighted by atomic mass is 10.0. The number of nitrogens with one attached hydrogen (secondary N) is 3. The highest BCUT2D eigenvalue weighted by Gasteiger charge is 2.21. The number of likely N-dealkylation sites (N-methyl/N-ethyl adjacent to an activating group) is 1. The molecule has 1 aliphatic heterocycles. The van der Waals surface area contributed by atoms with Crippen LogP contribution in [0, 0.1) is 5.82 Å². The third-order valence-corrected chi connectivity index (χ3v) is 7.75. The van der Waals surface area contributed by atoms with E-state index in [0.29, 0.717) is 16.3 Å². The Bertz CT molecular complexity index is 1740. The minimum atomic E-state index is -0.700. The Labute approximate surface area is 225 Å². The number of carbonyl (C=O) groups is 1. The number of aliphatic hydroxyl groups excluding tert-OH is 1. The van der Waals surface area contributed by atoms with E-state index in [1.165, 1.54) is 29.5 Å². The summed E-state index contributed by atoms with van der Waals surface area (Å²) in [6.45, 7) is 1.80. The van der Waals surface area contributed by atoms with Gasteiger partial charge in [-0.2, -0.15) is 10.2 Å². The zero-order chi connectivity index (χ0) is 27.1. The van der Waals surface area contributed by atoms with Crippen molar-refractivity contribution in [3.8, 4) is 11.3 Å². The predicted molar refractivity (Wildman–Crippen MR) is 148 cm³/mol. The van der Waals surface area contributed by atoms with Gasteiger partial charge in [0.15, 0.2) is 5.82 Å². The highest BCUT2D eigenvalue weighted by atomic mass is 32.1. The second-order valence-electron chi connectivity index (χ2n) is 9.31. The molecule has 3 aromatic heterocycles. The van der Waals surface area contributed by atoms with Crippen molar-refractivity contribution >= 4 is 44.5 Å². The Morgan fingerprint density at radius 3 is 2.85 bits per heavy atom. The first kappa shape index (κ1) is 24.9. The fraction of sp³-hybridized carbons (Fsp3) is 0.185. The first-order chi connectivity index (χ1) is 18.9. The second kappa shape index (κ2) is 10.1. The van der Waals surface area contributed by atoms with Crippen molar-refractivity contribution in [3.05, 3.63) is 86.9 Å². The van der Waals surface area contributed by atoms with Crippen LogP contribution in [0.25, 0.3) is 21.3 Å². The summed E-state index contributed by atoms with van der Waals surface area (Å²) in [4.78, 5) is 28.2. The number of aromatic amines is 1. The molecular weight excluding hydrogens is 521 g/mol.